The number of rotatable bonds is 10. The van der Waals surface area contributed by atoms with Gasteiger partial charge in [-0.3, -0.25) is 9.69 Å². The molecule has 6 heteroatoms. The Hall–Kier alpha value is -3.77. The summed E-state index contributed by atoms with van der Waals surface area (Å²) in [5.41, 5.74) is 5.88. The van der Waals surface area contributed by atoms with Gasteiger partial charge in [-0.25, -0.2) is 0 Å². The normalized spacial score (nSPS) is 14.0. The van der Waals surface area contributed by atoms with E-state index in [0.717, 1.165) is 29.1 Å². The van der Waals surface area contributed by atoms with Gasteiger partial charge < -0.3 is 20.1 Å². The van der Waals surface area contributed by atoms with Gasteiger partial charge in [0.25, 0.3) is 5.91 Å². The topological polar surface area (TPSA) is 62.8 Å². The van der Waals surface area contributed by atoms with Crippen LogP contribution in [0.5, 0.6) is 11.5 Å². The summed E-state index contributed by atoms with van der Waals surface area (Å²) in [6, 6.07) is 22.5. The highest BCUT2D eigenvalue weighted by molar-refractivity contribution is 6.37. The standard InChI is InChI=1S/C30H35N3O3/c1-6-35-26-17-24-25(18-27(26)36-7-2)32-30(34)28(24)29(22-11-9-8-10-12-22)31-23-15-13-21(14-16-23)19-33(5)20(3)4/h8-18,20,31H,6-7,19H2,1-5H3,(H,32,34)/b29-28-. The van der Waals surface area contributed by atoms with Crippen molar-refractivity contribution in [2.75, 3.05) is 30.9 Å². The summed E-state index contributed by atoms with van der Waals surface area (Å²) in [4.78, 5) is 15.6. The van der Waals surface area contributed by atoms with Crippen molar-refractivity contribution in [1.29, 1.82) is 0 Å². The first-order valence-corrected chi connectivity index (χ1v) is 12.5. The molecule has 0 saturated carbocycles. The summed E-state index contributed by atoms with van der Waals surface area (Å²) >= 11 is 0. The van der Waals surface area contributed by atoms with E-state index in [1.807, 2.05) is 56.3 Å². The number of carbonyl (C=O) groups is 1. The van der Waals surface area contributed by atoms with Crippen molar-refractivity contribution in [3.05, 3.63) is 83.4 Å². The molecule has 188 valence electrons. The highest BCUT2D eigenvalue weighted by Gasteiger charge is 2.30. The molecule has 0 radical (unpaired) electrons. The second-order valence-corrected chi connectivity index (χ2v) is 9.11. The number of ether oxygens (including phenoxy) is 2. The minimum absolute atomic E-state index is 0.164. The number of amides is 1. The van der Waals surface area contributed by atoms with E-state index in [1.165, 1.54) is 5.56 Å². The molecule has 36 heavy (non-hydrogen) atoms. The van der Waals surface area contributed by atoms with Gasteiger partial charge >= 0.3 is 0 Å². The van der Waals surface area contributed by atoms with Crippen molar-refractivity contribution < 1.29 is 14.3 Å². The number of carbonyl (C=O) groups excluding carboxylic acids is 1. The molecule has 1 aliphatic rings. The number of fused-ring (bicyclic) bond motifs is 1. The molecule has 3 aromatic rings. The van der Waals surface area contributed by atoms with E-state index >= 15 is 0 Å². The number of benzene rings is 3. The highest BCUT2D eigenvalue weighted by Crippen LogP contribution is 2.43. The molecule has 1 aliphatic heterocycles. The van der Waals surface area contributed by atoms with Crippen molar-refractivity contribution in [3.63, 3.8) is 0 Å². The van der Waals surface area contributed by atoms with E-state index in [1.54, 1.807) is 0 Å². The average molecular weight is 486 g/mol. The molecular formula is C30H35N3O3. The summed E-state index contributed by atoms with van der Waals surface area (Å²) in [5.74, 6) is 1.08. The van der Waals surface area contributed by atoms with Crippen LogP contribution in [-0.2, 0) is 11.3 Å². The lowest BCUT2D eigenvalue weighted by molar-refractivity contribution is -0.110. The molecule has 1 amide bonds. The summed E-state index contributed by atoms with van der Waals surface area (Å²) in [6.07, 6.45) is 0. The van der Waals surface area contributed by atoms with Crippen molar-refractivity contribution in [1.82, 2.24) is 4.90 Å². The van der Waals surface area contributed by atoms with Crippen LogP contribution in [0.25, 0.3) is 11.3 Å². The quantitative estimate of drug-likeness (QED) is 0.332. The zero-order valence-electron chi connectivity index (χ0n) is 21.7. The van der Waals surface area contributed by atoms with Crippen molar-refractivity contribution in [2.45, 2.75) is 40.3 Å². The Balaban J connectivity index is 1.77. The third kappa shape index (κ3) is 5.55. The lowest BCUT2D eigenvalue weighted by Crippen LogP contribution is -2.25. The van der Waals surface area contributed by atoms with Crippen LogP contribution < -0.4 is 20.1 Å². The predicted molar refractivity (Wildman–Crippen MR) is 147 cm³/mol. The van der Waals surface area contributed by atoms with Crippen LogP contribution in [-0.4, -0.2) is 37.1 Å². The molecule has 4 rings (SSSR count). The lowest BCUT2D eigenvalue weighted by Gasteiger charge is -2.21. The van der Waals surface area contributed by atoms with Crippen molar-refractivity contribution in [2.24, 2.45) is 0 Å². The molecule has 0 aliphatic carbocycles. The van der Waals surface area contributed by atoms with Crippen LogP contribution in [0.3, 0.4) is 0 Å². The molecule has 0 bridgehead atoms. The molecule has 2 N–H and O–H groups in total. The summed E-state index contributed by atoms with van der Waals surface area (Å²) in [5, 5.41) is 6.55. The Kier molecular flexibility index (Phi) is 7.96. The molecule has 0 atom stereocenters. The van der Waals surface area contributed by atoms with Gasteiger partial charge in [-0.15, -0.1) is 0 Å². The Morgan fingerprint density at radius 2 is 1.58 bits per heavy atom. The van der Waals surface area contributed by atoms with Crippen LogP contribution in [0.2, 0.25) is 0 Å². The zero-order valence-corrected chi connectivity index (χ0v) is 21.7. The van der Waals surface area contributed by atoms with Crippen LogP contribution >= 0.6 is 0 Å². The maximum Gasteiger partial charge on any atom is 0.258 e. The lowest BCUT2D eigenvalue weighted by atomic mass is 9.99. The van der Waals surface area contributed by atoms with Gasteiger partial charge in [0.1, 0.15) is 0 Å². The summed E-state index contributed by atoms with van der Waals surface area (Å²) in [6.45, 7) is 10.1. The van der Waals surface area contributed by atoms with E-state index in [9.17, 15) is 4.79 Å². The largest absolute Gasteiger partial charge is 0.490 e. The zero-order chi connectivity index (χ0) is 25.7. The molecule has 0 fully saturated rings. The molecular weight excluding hydrogens is 450 g/mol. The smallest absolute Gasteiger partial charge is 0.258 e. The summed E-state index contributed by atoms with van der Waals surface area (Å²) < 4.78 is 11.6. The molecule has 0 unspecified atom stereocenters. The van der Waals surface area contributed by atoms with E-state index in [4.69, 9.17) is 9.47 Å². The minimum atomic E-state index is -0.164. The number of anilines is 2. The Bertz CT molecular complexity index is 1230. The van der Waals surface area contributed by atoms with Gasteiger partial charge in [0.05, 0.1) is 30.2 Å². The van der Waals surface area contributed by atoms with Gasteiger partial charge in [-0.1, -0.05) is 42.5 Å². The van der Waals surface area contributed by atoms with Gasteiger partial charge in [0.15, 0.2) is 11.5 Å². The number of nitrogens with zero attached hydrogens (tertiary/aromatic N) is 1. The first-order chi connectivity index (χ1) is 17.4. The monoisotopic (exact) mass is 485 g/mol. The highest BCUT2D eigenvalue weighted by atomic mass is 16.5. The third-order valence-corrected chi connectivity index (χ3v) is 6.28. The fourth-order valence-electron chi connectivity index (χ4n) is 4.15. The summed E-state index contributed by atoms with van der Waals surface area (Å²) in [7, 11) is 2.12. The third-order valence-electron chi connectivity index (χ3n) is 6.28. The molecule has 0 aromatic heterocycles. The first kappa shape index (κ1) is 25.3. The molecule has 3 aromatic carbocycles. The van der Waals surface area contributed by atoms with E-state index in [2.05, 4.69) is 60.7 Å². The first-order valence-electron chi connectivity index (χ1n) is 12.5. The molecule has 1 heterocycles. The fourth-order valence-corrected chi connectivity index (χ4v) is 4.15. The number of nitrogens with one attached hydrogen (secondary N) is 2. The van der Waals surface area contributed by atoms with Crippen LogP contribution in [0, 0.1) is 0 Å². The van der Waals surface area contributed by atoms with Gasteiger partial charge in [0, 0.05) is 29.9 Å². The van der Waals surface area contributed by atoms with E-state index in [0.29, 0.717) is 42.0 Å². The van der Waals surface area contributed by atoms with Crippen LogP contribution in [0.15, 0.2) is 66.7 Å². The minimum Gasteiger partial charge on any atom is -0.490 e. The Morgan fingerprint density at radius 1 is 0.944 bits per heavy atom. The number of hydrogen-bond donors (Lipinski definition) is 2. The second kappa shape index (κ2) is 11.3. The number of hydrogen-bond acceptors (Lipinski definition) is 5. The Labute approximate surface area is 213 Å². The van der Waals surface area contributed by atoms with Crippen LogP contribution in [0.4, 0.5) is 11.4 Å². The van der Waals surface area contributed by atoms with Crippen LogP contribution in [0.1, 0.15) is 44.4 Å². The van der Waals surface area contributed by atoms with Crippen molar-refractivity contribution >= 4 is 28.6 Å². The predicted octanol–water partition coefficient (Wildman–Crippen LogP) is 6.26. The molecule has 0 spiro atoms. The molecule has 0 saturated heterocycles. The van der Waals surface area contributed by atoms with Gasteiger partial charge in [0.2, 0.25) is 0 Å². The van der Waals surface area contributed by atoms with E-state index < -0.39 is 0 Å². The molecule has 6 nitrogen and oxygen atoms in total. The average Bonchev–Trinajstić information content (AvgIpc) is 3.18. The maximum absolute atomic E-state index is 13.3. The maximum atomic E-state index is 13.3. The fraction of sp³-hybridized carbons (Fsp3) is 0.300. The van der Waals surface area contributed by atoms with Gasteiger partial charge in [-0.2, -0.15) is 0 Å². The van der Waals surface area contributed by atoms with Gasteiger partial charge in [-0.05, 0) is 64.1 Å². The second-order valence-electron chi connectivity index (χ2n) is 9.11. The SMILES string of the molecule is CCOc1cc2c(cc1OCC)/C(=C(/Nc1ccc(CN(C)C(C)C)cc1)c1ccccc1)C(=O)N2. The van der Waals surface area contributed by atoms with E-state index in [-0.39, 0.29) is 5.91 Å². The Morgan fingerprint density at radius 3 is 2.19 bits per heavy atom. The van der Waals surface area contributed by atoms with Crippen molar-refractivity contribution in [3.8, 4) is 11.5 Å².